The van der Waals surface area contributed by atoms with Gasteiger partial charge in [-0.1, -0.05) is 17.7 Å². The number of carbonyl (C=O) groups excluding carboxylic acids is 1. The van der Waals surface area contributed by atoms with Gasteiger partial charge in [0.1, 0.15) is 6.04 Å². The third-order valence-corrected chi connectivity index (χ3v) is 2.66. The Morgan fingerprint density at radius 2 is 2.27 bits per heavy atom. The monoisotopic (exact) mass is 251 g/mol. The van der Waals surface area contributed by atoms with Gasteiger partial charge >= 0.3 is 5.97 Å². The summed E-state index contributed by atoms with van der Waals surface area (Å²) in [5, 5.41) is 11.1. The number of carboxylic acid groups (broad SMARTS) is 1. The lowest BCUT2D eigenvalue weighted by molar-refractivity contribution is -0.141. The molecule has 6 heteroatoms. The molecular formula is C9H14ClNO3S. The molecule has 0 radical (unpaired) electrons. The van der Waals surface area contributed by atoms with Gasteiger partial charge in [0.25, 0.3) is 0 Å². The highest BCUT2D eigenvalue weighted by Gasteiger charge is 2.17. The van der Waals surface area contributed by atoms with E-state index in [4.69, 9.17) is 16.7 Å². The lowest BCUT2D eigenvalue weighted by Gasteiger charge is -2.12. The zero-order chi connectivity index (χ0) is 11.7. The molecule has 0 aromatic heterocycles. The smallest absolute Gasteiger partial charge is 0.326 e. The van der Waals surface area contributed by atoms with Crippen molar-refractivity contribution in [1.29, 1.82) is 0 Å². The van der Waals surface area contributed by atoms with Crippen LogP contribution in [0.3, 0.4) is 0 Å². The Balaban J connectivity index is 3.76. The molecule has 0 aromatic carbocycles. The second kappa shape index (κ2) is 8.61. The van der Waals surface area contributed by atoms with Crippen LogP contribution in [0.4, 0.5) is 0 Å². The van der Waals surface area contributed by atoms with Gasteiger partial charge in [-0.05, 0) is 12.2 Å². The Morgan fingerprint density at radius 1 is 1.60 bits per heavy atom. The van der Waals surface area contributed by atoms with Crippen LogP contribution in [-0.4, -0.2) is 34.5 Å². The second-order valence-electron chi connectivity index (χ2n) is 2.82. The van der Waals surface area contributed by atoms with Crippen molar-refractivity contribution in [3.8, 4) is 0 Å². The number of aliphatic carboxylic acids is 1. The molecule has 1 amide bonds. The molecule has 0 aliphatic rings. The van der Waals surface area contributed by atoms with Crippen LogP contribution in [0.1, 0.15) is 13.3 Å². The van der Waals surface area contributed by atoms with E-state index in [0.29, 0.717) is 12.2 Å². The van der Waals surface area contributed by atoms with Gasteiger partial charge in [-0.25, -0.2) is 4.79 Å². The van der Waals surface area contributed by atoms with Crippen molar-refractivity contribution in [1.82, 2.24) is 5.32 Å². The quantitative estimate of drug-likeness (QED) is 0.672. The number of carboxylic acids is 1. The molecule has 0 heterocycles. The van der Waals surface area contributed by atoms with Gasteiger partial charge in [0, 0.05) is 18.2 Å². The normalized spacial score (nSPS) is 12.7. The largest absolute Gasteiger partial charge is 0.480 e. The van der Waals surface area contributed by atoms with Crippen LogP contribution in [0.25, 0.3) is 0 Å². The highest BCUT2D eigenvalue weighted by molar-refractivity contribution is 7.99. The first kappa shape index (κ1) is 14.3. The van der Waals surface area contributed by atoms with Crippen molar-refractivity contribution in [2.45, 2.75) is 19.4 Å². The molecular weight excluding hydrogens is 238 g/mol. The first-order valence-electron chi connectivity index (χ1n) is 4.40. The summed E-state index contributed by atoms with van der Waals surface area (Å²) in [4.78, 5) is 21.4. The Kier molecular flexibility index (Phi) is 8.22. The molecule has 15 heavy (non-hydrogen) atoms. The van der Waals surface area contributed by atoms with Crippen LogP contribution >= 0.6 is 23.4 Å². The van der Waals surface area contributed by atoms with Crippen molar-refractivity contribution in [3.05, 3.63) is 11.6 Å². The summed E-state index contributed by atoms with van der Waals surface area (Å²) in [5.74, 6) is 0.0840. The van der Waals surface area contributed by atoms with E-state index < -0.39 is 12.0 Å². The topological polar surface area (TPSA) is 66.4 Å². The predicted octanol–water partition coefficient (Wildman–Crippen LogP) is 1.45. The third-order valence-electron chi connectivity index (χ3n) is 1.53. The van der Waals surface area contributed by atoms with Gasteiger partial charge in [0.15, 0.2) is 0 Å². The lowest BCUT2D eigenvalue weighted by Crippen LogP contribution is -2.39. The molecule has 4 nitrogen and oxygen atoms in total. The van der Waals surface area contributed by atoms with Gasteiger partial charge < -0.3 is 10.4 Å². The number of carbonyl (C=O) groups is 2. The number of thioether (sulfide) groups is 1. The fraction of sp³-hybridized carbons (Fsp3) is 0.556. The standard InChI is InChI=1S/C9H14ClNO3S/c1-7(12)11-8(9(13)14)3-6-15-5-2-4-10/h2,4,8H,3,5-6H2,1H3,(H,11,12)(H,13,14). The first-order chi connectivity index (χ1) is 7.07. The van der Waals surface area contributed by atoms with Crippen molar-refractivity contribution in [2.75, 3.05) is 11.5 Å². The Labute approximate surface area is 98.1 Å². The molecule has 1 unspecified atom stereocenters. The molecule has 0 aliphatic carbocycles. The molecule has 1 atom stereocenters. The Hall–Kier alpha value is -0.680. The minimum absolute atomic E-state index is 0.326. The maximum absolute atomic E-state index is 10.7. The molecule has 0 rings (SSSR count). The number of halogens is 1. The van der Waals surface area contributed by atoms with E-state index in [0.717, 1.165) is 5.75 Å². The average molecular weight is 252 g/mol. The summed E-state index contributed by atoms with van der Waals surface area (Å²) in [6.45, 7) is 1.30. The van der Waals surface area contributed by atoms with E-state index >= 15 is 0 Å². The van der Waals surface area contributed by atoms with E-state index in [9.17, 15) is 9.59 Å². The highest BCUT2D eigenvalue weighted by Crippen LogP contribution is 2.06. The molecule has 0 saturated carbocycles. The summed E-state index contributed by atoms with van der Waals surface area (Å²) in [6, 6.07) is -0.796. The van der Waals surface area contributed by atoms with E-state index in [-0.39, 0.29) is 5.91 Å². The van der Waals surface area contributed by atoms with Crippen molar-refractivity contribution >= 4 is 35.2 Å². The van der Waals surface area contributed by atoms with Gasteiger partial charge in [0.2, 0.25) is 5.91 Å². The van der Waals surface area contributed by atoms with Crippen LogP contribution in [0.15, 0.2) is 11.6 Å². The molecule has 0 bridgehead atoms. The summed E-state index contributed by atoms with van der Waals surface area (Å²) < 4.78 is 0. The number of hydrogen-bond acceptors (Lipinski definition) is 3. The summed E-state index contributed by atoms with van der Waals surface area (Å²) in [6.07, 6.45) is 2.19. The van der Waals surface area contributed by atoms with E-state index in [1.165, 1.54) is 12.5 Å². The van der Waals surface area contributed by atoms with Crippen molar-refractivity contribution < 1.29 is 14.7 Å². The van der Waals surface area contributed by atoms with Crippen LogP contribution in [0, 0.1) is 0 Å². The molecule has 0 fully saturated rings. The van der Waals surface area contributed by atoms with E-state index in [1.54, 1.807) is 17.8 Å². The van der Waals surface area contributed by atoms with E-state index in [1.807, 2.05) is 0 Å². The molecule has 2 N–H and O–H groups in total. The fourth-order valence-corrected chi connectivity index (χ4v) is 1.89. The average Bonchev–Trinajstić information content (AvgIpc) is 2.15. The zero-order valence-electron chi connectivity index (χ0n) is 8.40. The number of hydrogen-bond donors (Lipinski definition) is 2. The van der Waals surface area contributed by atoms with Crippen LogP contribution in [-0.2, 0) is 9.59 Å². The Morgan fingerprint density at radius 3 is 2.73 bits per heavy atom. The third kappa shape index (κ3) is 8.32. The van der Waals surface area contributed by atoms with Crippen molar-refractivity contribution in [3.63, 3.8) is 0 Å². The van der Waals surface area contributed by atoms with Gasteiger partial charge in [-0.3, -0.25) is 4.79 Å². The van der Waals surface area contributed by atoms with Crippen LogP contribution < -0.4 is 5.32 Å². The SMILES string of the molecule is CC(=O)NC(CCSCC=CCl)C(=O)O. The second-order valence-corrected chi connectivity index (χ2v) is 4.22. The molecule has 0 spiro atoms. The molecule has 86 valence electrons. The summed E-state index contributed by atoms with van der Waals surface area (Å²) in [5.41, 5.74) is 1.43. The number of amides is 1. The van der Waals surface area contributed by atoms with Gasteiger partial charge in [0.05, 0.1) is 0 Å². The number of rotatable bonds is 7. The maximum atomic E-state index is 10.7. The van der Waals surface area contributed by atoms with Crippen LogP contribution in [0.5, 0.6) is 0 Å². The Bertz CT molecular complexity index is 246. The van der Waals surface area contributed by atoms with Crippen LogP contribution in [0.2, 0.25) is 0 Å². The van der Waals surface area contributed by atoms with E-state index in [2.05, 4.69) is 5.32 Å². The maximum Gasteiger partial charge on any atom is 0.326 e. The zero-order valence-corrected chi connectivity index (χ0v) is 9.98. The summed E-state index contributed by atoms with van der Waals surface area (Å²) >= 11 is 6.88. The minimum Gasteiger partial charge on any atom is -0.480 e. The fourth-order valence-electron chi connectivity index (χ4n) is 0.892. The molecule has 0 saturated heterocycles. The van der Waals surface area contributed by atoms with Gasteiger partial charge in [-0.15, -0.1) is 0 Å². The predicted molar refractivity (Wildman–Crippen MR) is 62.2 cm³/mol. The minimum atomic E-state index is -1.00. The molecule has 0 aliphatic heterocycles. The molecule has 0 aromatic rings. The summed E-state index contributed by atoms with van der Waals surface area (Å²) in [7, 11) is 0. The number of nitrogens with one attached hydrogen (secondary N) is 1. The first-order valence-corrected chi connectivity index (χ1v) is 6.00. The van der Waals surface area contributed by atoms with Crippen molar-refractivity contribution in [2.24, 2.45) is 0 Å². The highest BCUT2D eigenvalue weighted by atomic mass is 35.5. The lowest BCUT2D eigenvalue weighted by atomic mass is 10.2. The van der Waals surface area contributed by atoms with Gasteiger partial charge in [-0.2, -0.15) is 11.8 Å².